The van der Waals surface area contributed by atoms with Crippen molar-refractivity contribution in [3.05, 3.63) is 29.3 Å². The molecule has 2 N–H and O–H groups in total. The average molecular weight is 384 g/mol. The minimum Gasteiger partial charge on any atom is -0.384 e. The summed E-state index contributed by atoms with van der Waals surface area (Å²) >= 11 is 0. The van der Waals surface area contributed by atoms with Gasteiger partial charge in [0.1, 0.15) is 6.04 Å². The van der Waals surface area contributed by atoms with E-state index in [9.17, 15) is 24.0 Å². The van der Waals surface area contributed by atoms with Crippen molar-refractivity contribution < 1.29 is 24.0 Å². The number of piperidine rings is 1. The number of amides is 5. The smallest absolute Gasteiger partial charge is 0.264 e. The van der Waals surface area contributed by atoms with Gasteiger partial charge in [0, 0.05) is 31.7 Å². The van der Waals surface area contributed by atoms with E-state index in [1.165, 1.54) is 0 Å². The zero-order valence-corrected chi connectivity index (χ0v) is 15.1. The second kappa shape index (κ2) is 7.06. The van der Waals surface area contributed by atoms with Crippen LogP contribution in [0.5, 0.6) is 0 Å². The van der Waals surface area contributed by atoms with Crippen molar-refractivity contribution in [2.75, 3.05) is 25.0 Å². The van der Waals surface area contributed by atoms with Crippen molar-refractivity contribution in [3.8, 4) is 0 Å². The Morgan fingerprint density at radius 3 is 2.68 bits per heavy atom. The molecule has 2 fully saturated rings. The molecule has 3 aliphatic rings. The molecule has 5 amide bonds. The van der Waals surface area contributed by atoms with E-state index in [0.29, 0.717) is 25.3 Å². The highest BCUT2D eigenvalue weighted by atomic mass is 16.2. The summed E-state index contributed by atoms with van der Waals surface area (Å²) in [6.45, 7) is 1.94. The van der Waals surface area contributed by atoms with Gasteiger partial charge in [-0.25, -0.2) is 0 Å². The number of imide groups is 2. The summed E-state index contributed by atoms with van der Waals surface area (Å²) < 4.78 is 0. The quantitative estimate of drug-likeness (QED) is 0.544. The Labute approximate surface area is 161 Å². The first kappa shape index (κ1) is 18.1. The van der Waals surface area contributed by atoms with Crippen molar-refractivity contribution in [1.29, 1.82) is 0 Å². The zero-order chi connectivity index (χ0) is 19.8. The minimum absolute atomic E-state index is 0.0871. The van der Waals surface area contributed by atoms with Gasteiger partial charge in [0.15, 0.2) is 0 Å². The summed E-state index contributed by atoms with van der Waals surface area (Å²) in [4.78, 5) is 62.8. The monoisotopic (exact) mass is 384 g/mol. The maximum atomic E-state index is 13.0. The van der Waals surface area contributed by atoms with Crippen LogP contribution in [0.3, 0.4) is 0 Å². The number of benzene rings is 1. The first-order valence-corrected chi connectivity index (χ1v) is 9.27. The third kappa shape index (κ3) is 3.02. The molecule has 4 rings (SSSR count). The van der Waals surface area contributed by atoms with Gasteiger partial charge in [0.25, 0.3) is 11.8 Å². The van der Waals surface area contributed by atoms with Gasteiger partial charge >= 0.3 is 0 Å². The maximum Gasteiger partial charge on any atom is 0.264 e. The standard InChI is InChI=1S/C19H20N4O5/c24-10-22-7-6-11(9-22)8-20-13-3-1-2-12-16(13)19(28)23(18(12)27)14-4-5-15(25)21-17(14)26/h1-3,10-11,14,20H,4-9H2,(H,21,25,26). The number of hydrogen-bond acceptors (Lipinski definition) is 6. The molecular weight excluding hydrogens is 364 g/mol. The van der Waals surface area contributed by atoms with Crippen LogP contribution in [-0.4, -0.2) is 65.5 Å². The van der Waals surface area contributed by atoms with Crippen molar-refractivity contribution in [3.63, 3.8) is 0 Å². The van der Waals surface area contributed by atoms with Gasteiger partial charge in [0.05, 0.1) is 11.1 Å². The molecule has 0 spiro atoms. The van der Waals surface area contributed by atoms with E-state index in [1.54, 1.807) is 23.1 Å². The third-order valence-corrected chi connectivity index (χ3v) is 5.52. The van der Waals surface area contributed by atoms with E-state index < -0.39 is 29.7 Å². The van der Waals surface area contributed by atoms with Crippen molar-refractivity contribution in [2.24, 2.45) is 5.92 Å². The molecule has 2 saturated heterocycles. The largest absolute Gasteiger partial charge is 0.384 e. The Balaban J connectivity index is 1.53. The van der Waals surface area contributed by atoms with E-state index in [4.69, 9.17) is 0 Å². The number of fused-ring (bicyclic) bond motifs is 1. The Bertz CT molecular complexity index is 883. The lowest BCUT2D eigenvalue weighted by Crippen LogP contribution is -2.54. The molecule has 2 atom stereocenters. The molecule has 0 aliphatic carbocycles. The number of anilines is 1. The van der Waals surface area contributed by atoms with Crippen LogP contribution < -0.4 is 10.6 Å². The lowest BCUT2D eigenvalue weighted by Gasteiger charge is -2.27. The normalized spacial score (nSPS) is 24.4. The fraction of sp³-hybridized carbons (Fsp3) is 0.421. The van der Waals surface area contributed by atoms with Gasteiger partial charge in [-0.2, -0.15) is 0 Å². The fourth-order valence-corrected chi connectivity index (χ4v) is 4.04. The van der Waals surface area contributed by atoms with E-state index in [2.05, 4.69) is 10.6 Å². The number of nitrogens with zero attached hydrogens (tertiary/aromatic N) is 2. The molecule has 0 saturated carbocycles. The molecule has 0 bridgehead atoms. The van der Waals surface area contributed by atoms with Crippen LogP contribution in [0.25, 0.3) is 0 Å². The van der Waals surface area contributed by atoms with Crippen LogP contribution in [0, 0.1) is 5.92 Å². The summed E-state index contributed by atoms with van der Waals surface area (Å²) in [5.74, 6) is -1.81. The molecule has 3 aliphatic heterocycles. The van der Waals surface area contributed by atoms with Crippen molar-refractivity contribution >= 4 is 35.7 Å². The minimum atomic E-state index is -0.978. The molecule has 146 valence electrons. The van der Waals surface area contributed by atoms with Gasteiger partial charge in [-0.3, -0.25) is 34.2 Å². The van der Waals surface area contributed by atoms with E-state index in [0.717, 1.165) is 17.7 Å². The topological polar surface area (TPSA) is 116 Å². The van der Waals surface area contributed by atoms with Crippen LogP contribution >= 0.6 is 0 Å². The van der Waals surface area contributed by atoms with Crippen LogP contribution in [0.15, 0.2) is 18.2 Å². The van der Waals surface area contributed by atoms with E-state index in [-0.39, 0.29) is 29.9 Å². The second-order valence-electron chi connectivity index (χ2n) is 7.31. The molecule has 0 aromatic heterocycles. The predicted molar refractivity (Wildman–Crippen MR) is 97.3 cm³/mol. The molecule has 9 nitrogen and oxygen atoms in total. The summed E-state index contributed by atoms with van der Waals surface area (Å²) in [7, 11) is 0. The third-order valence-electron chi connectivity index (χ3n) is 5.52. The van der Waals surface area contributed by atoms with Crippen LogP contribution in [0.1, 0.15) is 40.0 Å². The lowest BCUT2D eigenvalue weighted by molar-refractivity contribution is -0.136. The zero-order valence-electron chi connectivity index (χ0n) is 15.1. The molecule has 2 unspecified atom stereocenters. The van der Waals surface area contributed by atoms with Gasteiger partial charge in [0.2, 0.25) is 18.2 Å². The molecule has 3 heterocycles. The highest BCUT2D eigenvalue weighted by molar-refractivity contribution is 6.25. The average Bonchev–Trinajstić information content (AvgIpc) is 3.24. The SMILES string of the molecule is O=CN1CCC(CNc2cccc3c2C(=O)N(C2CCC(=O)NC2=O)C3=O)C1. The van der Waals surface area contributed by atoms with Crippen molar-refractivity contribution in [1.82, 2.24) is 15.1 Å². The Morgan fingerprint density at radius 2 is 1.96 bits per heavy atom. The first-order chi connectivity index (χ1) is 13.5. The molecular formula is C19H20N4O5. The van der Waals surface area contributed by atoms with Gasteiger partial charge in [-0.1, -0.05) is 6.07 Å². The van der Waals surface area contributed by atoms with Gasteiger partial charge in [-0.15, -0.1) is 0 Å². The summed E-state index contributed by atoms with van der Waals surface area (Å²) in [6, 6.07) is 4.00. The van der Waals surface area contributed by atoms with Crippen LogP contribution in [-0.2, 0) is 14.4 Å². The summed E-state index contributed by atoms with van der Waals surface area (Å²) in [5.41, 5.74) is 1.04. The summed E-state index contributed by atoms with van der Waals surface area (Å²) in [6.07, 6.45) is 1.92. The van der Waals surface area contributed by atoms with Crippen LogP contribution in [0.2, 0.25) is 0 Å². The molecule has 1 aromatic carbocycles. The Morgan fingerprint density at radius 1 is 1.14 bits per heavy atom. The van der Waals surface area contributed by atoms with E-state index >= 15 is 0 Å². The molecule has 28 heavy (non-hydrogen) atoms. The number of rotatable bonds is 5. The second-order valence-corrected chi connectivity index (χ2v) is 7.31. The highest BCUT2D eigenvalue weighted by Gasteiger charge is 2.45. The first-order valence-electron chi connectivity index (χ1n) is 9.27. The molecule has 1 aromatic rings. The number of carbonyl (C=O) groups excluding carboxylic acids is 5. The number of nitrogens with one attached hydrogen (secondary N) is 2. The van der Waals surface area contributed by atoms with Crippen molar-refractivity contribution in [2.45, 2.75) is 25.3 Å². The highest BCUT2D eigenvalue weighted by Crippen LogP contribution is 2.32. The lowest BCUT2D eigenvalue weighted by atomic mass is 10.0. The maximum absolute atomic E-state index is 13.0. The Hall–Kier alpha value is -3.23. The molecule has 0 radical (unpaired) electrons. The molecule has 9 heteroatoms. The van der Waals surface area contributed by atoms with Gasteiger partial charge < -0.3 is 10.2 Å². The number of hydrogen-bond donors (Lipinski definition) is 2. The Kier molecular flexibility index (Phi) is 4.58. The number of likely N-dealkylation sites (tertiary alicyclic amines) is 1. The number of carbonyl (C=O) groups is 5. The fourth-order valence-electron chi connectivity index (χ4n) is 4.04. The van der Waals surface area contributed by atoms with E-state index in [1.807, 2.05) is 0 Å². The predicted octanol–water partition coefficient (Wildman–Crippen LogP) is -0.0220. The van der Waals surface area contributed by atoms with Crippen LogP contribution in [0.4, 0.5) is 5.69 Å². The van der Waals surface area contributed by atoms with Gasteiger partial charge in [-0.05, 0) is 30.9 Å². The summed E-state index contributed by atoms with van der Waals surface area (Å²) in [5, 5.41) is 5.42.